The van der Waals surface area contributed by atoms with E-state index in [0.29, 0.717) is 0 Å². The predicted octanol–water partition coefficient (Wildman–Crippen LogP) is 0.245. The highest BCUT2D eigenvalue weighted by atomic mass is 16.5. The molecule has 5 heteroatoms. The Balaban J connectivity index is 4.43. The van der Waals surface area contributed by atoms with Crippen molar-refractivity contribution in [1.82, 2.24) is 0 Å². The molecule has 0 radical (unpaired) electrons. The van der Waals surface area contributed by atoms with Crippen LogP contribution in [0.5, 0.6) is 0 Å². The Morgan fingerprint density at radius 2 is 2.07 bits per heavy atom. The third-order valence-electron chi connectivity index (χ3n) is 1.97. The average molecular weight is 204 g/mol. The molecular formula is C9H16O5. The third kappa shape index (κ3) is 3.76. The van der Waals surface area contributed by atoms with Gasteiger partial charge in [0.15, 0.2) is 0 Å². The Morgan fingerprint density at radius 3 is 2.43 bits per heavy atom. The first-order valence-electron chi connectivity index (χ1n) is 4.19. The lowest BCUT2D eigenvalue weighted by Crippen LogP contribution is -2.26. The molecule has 0 unspecified atom stereocenters. The summed E-state index contributed by atoms with van der Waals surface area (Å²) in [7, 11) is 2.64. The van der Waals surface area contributed by atoms with Crippen LogP contribution in [0.2, 0.25) is 0 Å². The minimum absolute atomic E-state index is 0.169. The lowest BCUT2D eigenvalue weighted by Gasteiger charge is -2.19. The van der Waals surface area contributed by atoms with Crippen LogP contribution >= 0.6 is 0 Å². The molecule has 0 saturated heterocycles. The molecule has 0 aliphatic carbocycles. The van der Waals surface area contributed by atoms with Crippen molar-refractivity contribution in [3.05, 3.63) is 11.8 Å². The highest BCUT2D eigenvalue weighted by Crippen LogP contribution is 2.14. The van der Waals surface area contributed by atoms with Crippen LogP contribution in [0.4, 0.5) is 0 Å². The smallest absolute Gasteiger partial charge is 0.333 e. The van der Waals surface area contributed by atoms with Crippen LogP contribution in [0.25, 0.3) is 0 Å². The summed E-state index contributed by atoms with van der Waals surface area (Å²) in [6, 6.07) is 0. The Morgan fingerprint density at radius 1 is 1.50 bits per heavy atom. The van der Waals surface area contributed by atoms with Gasteiger partial charge in [-0.15, -0.1) is 0 Å². The summed E-state index contributed by atoms with van der Waals surface area (Å²) in [5.74, 6) is -1.26. The van der Waals surface area contributed by atoms with Crippen LogP contribution in [-0.4, -0.2) is 43.1 Å². The van der Waals surface area contributed by atoms with Crippen molar-refractivity contribution in [1.29, 1.82) is 0 Å². The number of carbonyl (C=O) groups excluding carboxylic acids is 1. The number of ether oxygens (including phenoxy) is 2. The summed E-state index contributed by atoms with van der Waals surface area (Å²) in [5.41, 5.74) is 0. The fraction of sp³-hybridized carbons (Fsp3) is 0.667. The van der Waals surface area contributed by atoms with E-state index < -0.39 is 18.0 Å². The number of hydrogen-bond acceptors (Lipinski definition) is 5. The molecule has 14 heavy (non-hydrogen) atoms. The largest absolute Gasteiger partial charge is 0.512 e. The minimum Gasteiger partial charge on any atom is -0.512 e. The topological polar surface area (TPSA) is 76.0 Å². The third-order valence-corrected chi connectivity index (χ3v) is 1.97. The van der Waals surface area contributed by atoms with E-state index in [4.69, 9.17) is 9.84 Å². The SMILES string of the molecule is COC(=O)/C=C(/O)[C@H](C)[C@H](CO)OC. The lowest BCUT2D eigenvalue weighted by atomic mass is 10.0. The monoisotopic (exact) mass is 204 g/mol. The molecule has 0 amide bonds. The van der Waals surface area contributed by atoms with Crippen molar-refractivity contribution < 1.29 is 24.5 Å². The molecule has 0 fully saturated rings. The number of carbonyl (C=O) groups is 1. The maximum atomic E-state index is 10.8. The quantitative estimate of drug-likeness (QED) is 0.381. The summed E-state index contributed by atoms with van der Waals surface area (Å²) in [4.78, 5) is 10.8. The molecule has 0 aromatic heterocycles. The fourth-order valence-electron chi connectivity index (χ4n) is 0.938. The minimum atomic E-state index is -0.637. The van der Waals surface area contributed by atoms with Crippen molar-refractivity contribution in [2.45, 2.75) is 13.0 Å². The van der Waals surface area contributed by atoms with E-state index in [-0.39, 0.29) is 12.4 Å². The Labute approximate surface area is 82.9 Å². The predicted molar refractivity (Wildman–Crippen MR) is 49.8 cm³/mol. The Kier molecular flexibility index (Phi) is 5.91. The number of rotatable bonds is 5. The molecule has 0 spiro atoms. The highest BCUT2D eigenvalue weighted by Gasteiger charge is 2.20. The zero-order valence-corrected chi connectivity index (χ0v) is 8.56. The average Bonchev–Trinajstić information content (AvgIpc) is 2.19. The number of aliphatic hydroxyl groups excluding tert-OH is 2. The molecule has 0 bridgehead atoms. The normalized spacial score (nSPS) is 16.1. The van der Waals surface area contributed by atoms with Gasteiger partial charge in [0.1, 0.15) is 5.76 Å². The van der Waals surface area contributed by atoms with Crippen molar-refractivity contribution in [3.8, 4) is 0 Å². The maximum Gasteiger partial charge on any atom is 0.333 e. The molecule has 0 heterocycles. The fourth-order valence-corrected chi connectivity index (χ4v) is 0.938. The molecule has 0 aliphatic heterocycles. The van der Waals surface area contributed by atoms with Crippen molar-refractivity contribution in [3.63, 3.8) is 0 Å². The van der Waals surface area contributed by atoms with Crippen LogP contribution in [-0.2, 0) is 14.3 Å². The van der Waals surface area contributed by atoms with Crippen molar-refractivity contribution >= 4 is 5.97 Å². The molecule has 0 rings (SSSR count). The van der Waals surface area contributed by atoms with E-state index in [1.807, 2.05) is 0 Å². The Hall–Kier alpha value is -1.07. The summed E-state index contributed by atoms with van der Waals surface area (Å²) in [5, 5.41) is 18.3. The van der Waals surface area contributed by atoms with Gasteiger partial charge in [-0.25, -0.2) is 4.79 Å². The zero-order valence-electron chi connectivity index (χ0n) is 8.56. The molecule has 0 saturated carbocycles. The number of hydrogen-bond donors (Lipinski definition) is 2. The Bertz CT molecular complexity index is 207. The molecule has 2 atom stereocenters. The maximum absolute atomic E-state index is 10.8. The first-order valence-corrected chi connectivity index (χ1v) is 4.19. The van der Waals surface area contributed by atoms with Gasteiger partial charge >= 0.3 is 5.97 Å². The van der Waals surface area contributed by atoms with E-state index >= 15 is 0 Å². The van der Waals surface area contributed by atoms with Gasteiger partial charge in [0.05, 0.1) is 25.9 Å². The number of aliphatic hydroxyl groups is 2. The van der Waals surface area contributed by atoms with Gasteiger partial charge in [-0.3, -0.25) is 0 Å². The zero-order chi connectivity index (χ0) is 11.1. The summed E-state index contributed by atoms with van der Waals surface area (Å²) in [6.07, 6.45) is 0.433. The highest BCUT2D eigenvalue weighted by molar-refractivity contribution is 5.82. The van der Waals surface area contributed by atoms with Gasteiger partial charge in [0.25, 0.3) is 0 Å². The molecule has 0 aromatic carbocycles. The standard InChI is InChI=1S/C9H16O5/c1-6(8(5-10)13-2)7(11)4-9(12)14-3/h4,6,8,10-11H,5H2,1-3H3/b7-4+/t6-,8-/m0/s1. The van der Waals surface area contributed by atoms with Crippen LogP contribution in [0.15, 0.2) is 11.8 Å². The molecule has 5 nitrogen and oxygen atoms in total. The van der Waals surface area contributed by atoms with E-state index in [0.717, 1.165) is 6.08 Å². The van der Waals surface area contributed by atoms with Gasteiger partial charge in [-0.1, -0.05) is 6.92 Å². The van der Waals surface area contributed by atoms with Gasteiger partial charge in [0.2, 0.25) is 0 Å². The number of esters is 1. The molecule has 2 N–H and O–H groups in total. The van der Waals surface area contributed by atoms with E-state index in [2.05, 4.69) is 4.74 Å². The van der Waals surface area contributed by atoms with Crippen molar-refractivity contribution in [2.24, 2.45) is 5.92 Å². The summed E-state index contributed by atoms with van der Waals surface area (Å²) >= 11 is 0. The molecule has 0 aromatic rings. The van der Waals surface area contributed by atoms with Gasteiger partial charge in [-0.2, -0.15) is 0 Å². The van der Waals surface area contributed by atoms with Crippen molar-refractivity contribution in [2.75, 3.05) is 20.8 Å². The summed E-state index contributed by atoms with van der Waals surface area (Å²) in [6.45, 7) is 1.41. The second-order valence-corrected chi connectivity index (χ2v) is 2.84. The van der Waals surface area contributed by atoms with Gasteiger partial charge in [-0.05, 0) is 0 Å². The van der Waals surface area contributed by atoms with Crippen LogP contribution < -0.4 is 0 Å². The molecular weight excluding hydrogens is 188 g/mol. The van der Waals surface area contributed by atoms with E-state index in [1.54, 1.807) is 6.92 Å². The summed E-state index contributed by atoms with van der Waals surface area (Å²) < 4.78 is 9.23. The van der Waals surface area contributed by atoms with Crippen LogP contribution in [0.3, 0.4) is 0 Å². The first kappa shape index (κ1) is 12.9. The number of methoxy groups -OCH3 is 2. The van der Waals surface area contributed by atoms with Crippen LogP contribution in [0, 0.1) is 5.92 Å². The molecule has 0 aliphatic rings. The molecule has 82 valence electrons. The van der Waals surface area contributed by atoms with E-state index in [9.17, 15) is 9.90 Å². The lowest BCUT2D eigenvalue weighted by molar-refractivity contribution is -0.135. The van der Waals surface area contributed by atoms with E-state index in [1.165, 1.54) is 14.2 Å². The second kappa shape index (κ2) is 6.39. The second-order valence-electron chi connectivity index (χ2n) is 2.84. The van der Waals surface area contributed by atoms with Gasteiger partial charge in [0, 0.05) is 13.0 Å². The van der Waals surface area contributed by atoms with Gasteiger partial charge < -0.3 is 19.7 Å². The van der Waals surface area contributed by atoms with Crippen LogP contribution in [0.1, 0.15) is 6.92 Å². The first-order chi connectivity index (χ1) is 6.56.